The number of aliphatic imine (C=N–C) groups is 1. The third kappa shape index (κ3) is 15.9. The van der Waals surface area contributed by atoms with Crippen molar-refractivity contribution in [2.45, 2.75) is 119 Å². The van der Waals surface area contributed by atoms with E-state index >= 15 is 0 Å². The predicted molar refractivity (Wildman–Crippen MR) is 495 cm³/mol. The Hall–Kier alpha value is -14.8. The number of aliphatic hydroxyl groups excluding tert-OH is 9. The summed E-state index contributed by atoms with van der Waals surface area (Å²) in [6, 6.07) is 56.0. The normalized spacial score (nSPS) is 14.2. The summed E-state index contributed by atoms with van der Waals surface area (Å²) in [6.45, 7) is 8.32. The maximum atomic E-state index is 13.4. The van der Waals surface area contributed by atoms with E-state index in [4.69, 9.17) is 61.8 Å². The topological polar surface area (TPSA) is 391 Å². The first-order valence-electron chi connectivity index (χ1n) is 43.2. The second kappa shape index (κ2) is 36.4. The molecular formula is C106H87NO26Si. The smallest absolute Gasteiger partial charge is 0.339 e. The van der Waals surface area contributed by atoms with Crippen molar-refractivity contribution in [1.82, 2.24) is 0 Å². The van der Waals surface area contributed by atoms with E-state index in [-0.39, 0.29) is 112 Å². The van der Waals surface area contributed by atoms with Gasteiger partial charge in [-0.15, -0.1) is 5.54 Å². The number of carbonyl (C=O) groups excluding carboxylic acids is 5. The van der Waals surface area contributed by atoms with E-state index in [1.54, 1.807) is 49.4 Å². The van der Waals surface area contributed by atoms with Crippen molar-refractivity contribution in [3.63, 3.8) is 0 Å². The minimum Gasteiger partial charge on any atom is -0.457 e. The highest BCUT2D eigenvalue weighted by Gasteiger charge is 2.39. The second-order valence-corrected chi connectivity index (χ2v) is 38.6. The fraction of sp³-hybridized carbons (Fsp3) is 0.208. The van der Waals surface area contributed by atoms with Crippen LogP contribution in [0, 0.1) is 11.5 Å². The Morgan fingerprint density at radius 3 is 1.01 bits per heavy atom. The molecule has 134 heavy (non-hydrogen) atoms. The summed E-state index contributed by atoms with van der Waals surface area (Å²) in [7, 11) is -1.71. The van der Waals surface area contributed by atoms with Crippen LogP contribution in [0.15, 0.2) is 187 Å². The molecular weight excluding hydrogens is 1730 g/mol. The van der Waals surface area contributed by atoms with Gasteiger partial charge in [0.1, 0.15) is 34.5 Å². The molecule has 14 aromatic rings. The number of cyclic esters (lactones) is 4. The van der Waals surface area contributed by atoms with Gasteiger partial charge in [-0.3, -0.25) is 4.79 Å². The lowest BCUT2D eigenvalue weighted by Gasteiger charge is -2.20. The van der Waals surface area contributed by atoms with Gasteiger partial charge in [-0.05, 0) is 221 Å². The molecule has 22 rings (SSSR count). The summed E-state index contributed by atoms with van der Waals surface area (Å²) in [5, 5.41) is 95.7. The molecule has 8 aliphatic heterocycles. The number of benzene rings is 14. The number of fused-ring (bicyclic) bond motifs is 12. The molecule has 0 aliphatic carbocycles. The number of ketones is 1. The molecule has 0 fully saturated rings. The summed E-state index contributed by atoms with van der Waals surface area (Å²) >= 11 is 0. The molecule has 1 atom stereocenters. The van der Waals surface area contributed by atoms with Crippen LogP contribution in [0.5, 0.6) is 46.0 Å². The molecule has 8 aliphatic rings. The van der Waals surface area contributed by atoms with Gasteiger partial charge in [-0.1, -0.05) is 110 Å². The first kappa shape index (κ1) is 88.4. The Kier molecular flexibility index (Phi) is 24.0. The molecule has 676 valence electrons. The van der Waals surface area contributed by atoms with Crippen molar-refractivity contribution in [2.24, 2.45) is 4.99 Å². The summed E-state index contributed by atoms with van der Waals surface area (Å²) in [6.07, 6.45) is -0.854. The van der Waals surface area contributed by atoms with Crippen molar-refractivity contribution in [1.29, 1.82) is 0 Å². The molecule has 0 aromatic heterocycles. The third-order valence-electron chi connectivity index (χ3n) is 24.8. The van der Waals surface area contributed by atoms with Crippen LogP contribution < -0.4 is 37.9 Å². The van der Waals surface area contributed by atoms with E-state index in [1.807, 2.05) is 140 Å². The molecule has 1 unspecified atom stereocenters. The molecule has 0 amide bonds. The Morgan fingerprint density at radius 1 is 0.343 bits per heavy atom. The van der Waals surface area contributed by atoms with Crippen LogP contribution in [0.3, 0.4) is 0 Å². The number of nitrogens with zero attached hydrogens (tertiary/aromatic N) is 1. The number of hydrogen-bond donors (Lipinski definition) is 9. The molecule has 0 spiro atoms. The predicted octanol–water partition coefficient (Wildman–Crippen LogP) is 16.2. The largest absolute Gasteiger partial charge is 0.457 e. The van der Waals surface area contributed by atoms with Crippen LogP contribution in [0.4, 0.5) is 5.69 Å². The van der Waals surface area contributed by atoms with Crippen LogP contribution >= 0.6 is 0 Å². The van der Waals surface area contributed by atoms with Crippen molar-refractivity contribution >= 4 is 92.2 Å². The highest BCUT2D eigenvalue weighted by atomic mass is 28.3. The zero-order valence-electron chi connectivity index (χ0n) is 73.1. The third-order valence-corrected chi connectivity index (χ3v) is 25.7. The van der Waals surface area contributed by atoms with Crippen molar-refractivity contribution in [2.75, 3.05) is 27.2 Å². The van der Waals surface area contributed by atoms with Gasteiger partial charge >= 0.3 is 23.9 Å². The Bertz CT molecular complexity index is 7350. The van der Waals surface area contributed by atoms with E-state index in [0.717, 1.165) is 60.8 Å². The van der Waals surface area contributed by atoms with Gasteiger partial charge in [0.25, 0.3) is 0 Å². The van der Waals surface area contributed by atoms with Crippen molar-refractivity contribution in [3.8, 4) is 102 Å². The molecule has 9 N–H and O–H groups in total. The van der Waals surface area contributed by atoms with E-state index in [0.29, 0.717) is 201 Å². The number of ether oxygens (including phenoxy) is 12. The first-order chi connectivity index (χ1) is 65.0. The quantitative estimate of drug-likeness (QED) is 0.0102. The summed E-state index contributed by atoms with van der Waals surface area (Å²) in [5.41, 5.74) is 22.7. The van der Waals surface area contributed by atoms with E-state index in [2.05, 4.69) is 31.1 Å². The molecule has 0 bridgehead atoms. The second-order valence-electron chi connectivity index (χ2n) is 33.9. The highest BCUT2D eigenvalue weighted by Crippen LogP contribution is 2.53. The molecule has 0 saturated heterocycles. The number of aliphatic hydroxyl groups is 9. The fourth-order valence-corrected chi connectivity index (χ4v) is 19.1. The maximum absolute atomic E-state index is 13.4. The lowest BCUT2D eigenvalue weighted by molar-refractivity contribution is 0.0525. The van der Waals surface area contributed by atoms with Crippen molar-refractivity contribution < 1.29 is 127 Å². The van der Waals surface area contributed by atoms with E-state index < -0.39 is 38.1 Å². The Morgan fingerprint density at radius 2 is 0.642 bits per heavy atom. The maximum Gasteiger partial charge on any atom is 0.339 e. The Balaban J connectivity index is 0.000000116. The number of hydrogen-bond acceptors (Lipinski definition) is 27. The zero-order valence-corrected chi connectivity index (χ0v) is 74.1. The molecule has 27 nitrogen and oxygen atoms in total. The van der Waals surface area contributed by atoms with Gasteiger partial charge in [-0.25, -0.2) is 24.2 Å². The minimum atomic E-state index is -1.71. The number of esters is 4. The average molecular weight is 1820 g/mol. The molecule has 0 saturated carbocycles. The molecule has 14 aromatic carbocycles. The van der Waals surface area contributed by atoms with Crippen molar-refractivity contribution in [3.05, 3.63) is 299 Å². The van der Waals surface area contributed by atoms with Gasteiger partial charge in [0.15, 0.2) is 51.8 Å². The fourth-order valence-electron chi connectivity index (χ4n) is 18.6. The molecule has 28 heteroatoms. The van der Waals surface area contributed by atoms with Gasteiger partial charge in [-0.2, -0.15) is 0 Å². The summed E-state index contributed by atoms with van der Waals surface area (Å²) in [5.74, 6) is 6.21. The highest BCUT2D eigenvalue weighted by molar-refractivity contribution is 6.84. The standard InChI is InChI=1S/C34H25NO6.C26H24O6Si.C23H20O7.C23H18O7/c36-16-23-13-25-26(14-24(23)17-37)33(35-32(20-7-3-1-4-8-20)21-9-5-2-6-10-21)27-18-39-34(38)31(27)30(25)22-11-12-28-29(15-22)41-19-40-28;1-33(2,3)7-6-18-19-8-16(11-27)17(12-28)9-20(19)24(25-21(18)13-30-26(25)29)15-4-5-22-23(10-15)32-14-31-22;2*1-11(26)20-15-4-13(7-24)14(8-25)5-16(15)21(22-17(20)9-28-23(22)27)12-2-3-18-19(6-12)30-10-29-18/h1-15,36-37H,16-19H2;4-5,8-10,27-28H,11-14H2,1-3H3;2-6,11,24-26H,7-10H2,1H3;2-6,24-25H,7-10H2,1H3. The lowest BCUT2D eigenvalue weighted by atomic mass is 9.83. The minimum absolute atomic E-state index is 0.00673. The lowest BCUT2D eigenvalue weighted by Crippen LogP contribution is -2.16. The zero-order chi connectivity index (χ0) is 93.2. The SMILES string of the molecule is CC(=O)c1c2c(c(-c3ccc4c(c3)OCO4)c3cc(CO)c(CO)cc13)C(=O)OC2.CC(O)c1c2c(c(-c3ccc4c(c3)OCO4)c3cc(CO)c(CO)cc13)C(=O)OC2.C[Si](C)(C)C#Cc1c2c(c(-c3ccc4c(c3)OCO4)c3cc(CO)c(CO)cc13)C(=O)OC2.O=C1OCc2c1c(-c1ccc3c(c1)OCO3)c1cc(CO)c(CO)cc1c2N=C(c1ccccc1)c1ccccc1. The number of rotatable bonds is 17. The van der Waals surface area contributed by atoms with Crippen LogP contribution in [0.1, 0.15) is 161 Å². The van der Waals surface area contributed by atoms with Gasteiger partial charge in [0.05, 0.1) is 92.6 Å². The monoisotopic (exact) mass is 1820 g/mol. The Labute approximate surface area is 766 Å². The summed E-state index contributed by atoms with van der Waals surface area (Å²) in [4.78, 5) is 69.6. The number of Topliss-reactive ketones (excluding diaryl/α,β-unsaturated/α-hetero) is 1. The molecule has 8 heterocycles. The van der Waals surface area contributed by atoms with Crippen LogP contribution in [-0.2, 0) is 98.2 Å². The average Bonchev–Trinajstić information content (AvgIpc) is 1.49. The number of carbonyl (C=O) groups is 5. The van der Waals surface area contributed by atoms with Crippen LogP contribution in [-0.4, -0.2) is 117 Å². The van der Waals surface area contributed by atoms with Gasteiger partial charge < -0.3 is 103 Å². The summed E-state index contributed by atoms with van der Waals surface area (Å²) < 4.78 is 65.7. The van der Waals surface area contributed by atoms with Gasteiger partial charge in [0, 0.05) is 72.1 Å². The molecule has 0 radical (unpaired) electrons. The van der Waals surface area contributed by atoms with Gasteiger partial charge in [0.2, 0.25) is 27.2 Å². The van der Waals surface area contributed by atoms with Crippen LogP contribution in [0.25, 0.3) is 87.6 Å². The van der Waals surface area contributed by atoms with E-state index in [9.17, 15) is 69.9 Å². The van der Waals surface area contributed by atoms with Crippen LogP contribution in [0.2, 0.25) is 19.6 Å². The van der Waals surface area contributed by atoms with E-state index in [1.165, 1.54) is 6.92 Å². The first-order valence-corrected chi connectivity index (χ1v) is 46.7.